The van der Waals surface area contributed by atoms with Gasteiger partial charge in [-0.3, -0.25) is 14.5 Å². The van der Waals surface area contributed by atoms with E-state index in [-0.39, 0.29) is 12.5 Å². The van der Waals surface area contributed by atoms with Gasteiger partial charge in [0.25, 0.3) is 5.91 Å². The summed E-state index contributed by atoms with van der Waals surface area (Å²) in [5.74, 6) is -0.789. The Hall–Kier alpha value is -1.40. The second-order valence-corrected chi connectivity index (χ2v) is 3.55. The molecule has 3 aliphatic heterocycles. The first-order chi connectivity index (χ1) is 7.07. The Morgan fingerprint density at radius 2 is 2.47 bits per heavy atom. The van der Waals surface area contributed by atoms with Crippen molar-refractivity contribution in [1.82, 2.24) is 4.90 Å². The summed E-state index contributed by atoms with van der Waals surface area (Å²) in [6.07, 6.45) is 2.66. The number of methoxy groups -OCH3 is 1. The van der Waals surface area contributed by atoms with E-state index >= 15 is 0 Å². The average Bonchev–Trinajstić information content (AvgIpc) is 2.24. The van der Waals surface area contributed by atoms with Gasteiger partial charge in [0.15, 0.2) is 11.8 Å². The number of carbonyl (C=O) groups is 2. The summed E-state index contributed by atoms with van der Waals surface area (Å²) < 4.78 is 4.49. The third-order valence-electron chi connectivity index (χ3n) is 2.42. The zero-order valence-electron chi connectivity index (χ0n) is 8.43. The minimum absolute atomic E-state index is 0.136. The molecular weight excluding hydrogens is 202 g/mol. The summed E-state index contributed by atoms with van der Waals surface area (Å²) in [6, 6.07) is 0. The number of hydrogen-bond donors (Lipinski definition) is 0. The first-order valence-corrected chi connectivity index (χ1v) is 4.48. The molecule has 2 unspecified atom stereocenters. The smallest absolute Gasteiger partial charge is 0.325 e. The van der Waals surface area contributed by atoms with Gasteiger partial charge in [0.05, 0.1) is 7.11 Å². The molecule has 0 spiro atoms. The fraction of sp³-hybridized carbons (Fsp3) is 0.556. The van der Waals surface area contributed by atoms with Crippen molar-refractivity contribution in [1.29, 1.82) is 0 Å². The van der Waals surface area contributed by atoms with Crippen LogP contribution in [-0.2, 0) is 24.1 Å². The van der Waals surface area contributed by atoms with Crippen LogP contribution in [0.4, 0.5) is 0 Å². The van der Waals surface area contributed by atoms with E-state index in [0.717, 1.165) is 0 Å². The van der Waals surface area contributed by atoms with Crippen LogP contribution in [0, 0.1) is 0 Å². The Balaban J connectivity index is 2.18. The van der Waals surface area contributed by atoms with Gasteiger partial charge < -0.3 is 4.74 Å². The zero-order valence-corrected chi connectivity index (χ0v) is 8.43. The Morgan fingerprint density at radius 3 is 3.00 bits per heavy atom. The van der Waals surface area contributed by atoms with Gasteiger partial charge in [-0.2, -0.15) is 0 Å². The van der Waals surface area contributed by atoms with Gasteiger partial charge in [-0.25, -0.2) is 9.78 Å². The predicted octanol–water partition coefficient (Wildman–Crippen LogP) is -0.396. The Labute approximate surface area is 86.3 Å². The van der Waals surface area contributed by atoms with E-state index in [1.807, 2.05) is 0 Å². The predicted molar refractivity (Wildman–Crippen MR) is 47.2 cm³/mol. The maximum absolute atomic E-state index is 11.8. The number of nitrogens with zero attached hydrogens (tertiary/aromatic N) is 1. The van der Waals surface area contributed by atoms with Crippen LogP contribution in [0.15, 0.2) is 12.2 Å². The van der Waals surface area contributed by atoms with Crippen molar-refractivity contribution in [2.75, 3.05) is 13.7 Å². The van der Waals surface area contributed by atoms with Crippen LogP contribution in [0.1, 0.15) is 6.92 Å². The lowest BCUT2D eigenvalue weighted by Gasteiger charge is -2.43. The molecule has 3 heterocycles. The quantitative estimate of drug-likeness (QED) is 0.355. The highest BCUT2D eigenvalue weighted by atomic mass is 17.2. The summed E-state index contributed by atoms with van der Waals surface area (Å²) in [7, 11) is 1.27. The number of esters is 1. The number of ether oxygens (including phenoxy) is 1. The highest BCUT2D eigenvalue weighted by Crippen LogP contribution is 2.30. The lowest BCUT2D eigenvalue weighted by molar-refractivity contribution is -0.399. The molecule has 6 heteroatoms. The minimum Gasteiger partial charge on any atom is -0.468 e. The van der Waals surface area contributed by atoms with Gasteiger partial charge in [-0.05, 0) is 19.1 Å². The second kappa shape index (κ2) is 3.32. The molecule has 3 aliphatic rings. The summed E-state index contributed by atoms with van der Waals surface area (Å²) in [5.41, 5.74) is -1.12. The monoisotopic (exact) mass is 213 g/mol. The van der Waals surface area contributed by atoms with Crippen LogP contribution in [0.3, 0.4) is 0 Å². The fourth-order valence-electron chi connectivity index (χ4n) is 1.50. The lowest BCUT2D eigenvalue weighted by atomic mass is 9.99. The van der Waals surface area contributed by atoms with Crippen LogP contribution >= 0.6 is 0 Å². The van der Waals surface area contributed by atoms with E-state index < -0.39 is 17.8 Å². The minimum atomic E-state index is -1.12. The molecule has 0 aliphatic carbocycles. The molecular formula is C9H11NO5. The van der Waals surface area contributed by atoms with Gasteiger partial charge in [0.1, 0.15) is 6.54 Å². The van der Waals surface area contributed by atoms with E-state index in [0.29, 0.717) is 0 Å². The first-order valence-electron chi connectivity index (χ1n) is 4.48. The third-order valence-corrected chi connectivity index (χ3v) is 2.42. The topological polar surface area (TPSA) is 65.1 Å². The van der Waals surface area contributed by atoms with Crippen LogP contribution in [0.2, 0.25) is 0 Å². The molecule has 1 saturated heterocycles. The van der Waals surface area contributed by atoms with E-state index in [2.05, 4.69) is 4.74 Å². The van der Waals surface area contributed by atoms with Gasteiger partial charge in [-0.15, -0.1) is 0 Å². The largest absolute Gasteiger partial charge is 0.468 e. The van der Waals surface area contributed by atoms with Crippen molar-refractivity contribution in [3.63, 3.8) is 0 Å². The average molecular weight is 213 g/mol. The molecule has 15 heavy (non-hydrogen) atoms. The Kier molecular flexibility index (Phi) is 2.24. The Bertz CT molecular complexity index is 339. The molecule has 2 bridgehead atoms. The Morgan fingerprint density at radius 1 is 1.73 bits per heavy atom. The van der Waals surface area contributed by atoms with Crippen LogP contribution in [-0.4, -0.2) is 42.3 Å². The van der Waals surface area contributed by atoms with Crippen LogP contribution in [0.25, 0.3) is 0 Å². The van der Waals surface area contributed by atoms with Crippen molar-refractivity contribution in [2.45, 2.75) is 18.8 Å². The van der Waals surface area contributed by atoms with Crippen molar-refractivity contribution in [2.24, 2.45) is 0 Å². The highest BCUT2D eigenvalue weighted by Gasteiger charge is 2.49. The maximum atomic E-state index is 11.8. The normalized spacial score (nSPS) is 33.3. The molecule has 1 fully saturated rings. The number of fused-ring (bicyclic) bond motifs is 2. The third kappa shape index (κ3) is 1.51. The van der Waals surface area contributed by atoms with Crippen molar-refractivity contribution >= 4 is 11.9 Å². The molecule has 0 aromatic heterocycles. The molecule has 1 amide bonds. The van der Waals surface area contributed by atoms with Crippen molar-refractivity contribution < 1.29 is 24.1 Å². The molecule has 6 nitrogen and oxygen atoms in total. The van der Waals surface area contributed by atoms with Gasteiger partial charge in [0.2, 0.25) is 0 Å². The maximum Gasteiger partial charge on any atom is 0.325 e. The number of amides is 1. The summed E-state index contributed by atoms with van der Waals surface area (Å²) in [6.45, 7) is 1.44. The van der Waals surface area contributed by atoms with E-state index in [4.69, 9.17) is 9.78 Å². The summed E-state index contributed by atoms with van der Waals surface area (Å²) in [4.78, 5) is 34.0. The summed E-state index contributed by atoms with van der Waals surface area (Å²) in [5, 5.41) is 0. The van der Waals surface area contributed by atoms with E-state index in [9.17, 15) is 9.59 Å². The molecule has 0 N–H and O–H groups in total. The van der Waals surface area contributed by atoms with Crippen molar-refractivity contribution in [3.8, 4) is 0 Å². The second-order valence-electron chi connectivity index (χ2n) is 3.55. The molecule has 82 valence electrons. The lowest BCUT2D eigenvalue weighted by Crippen LogP contribution is -2.61. The van der Waals surface area contributed by atoms with Crippen LogP contribution in [0.5, 0.6) is 0 Å². The molecule has 0 radical (unpaired) electrons. The van der Waals surface area contributed by atoms with Gasteiger partial charge in [-0.1, -0.05) is 0 Å². The molecule has 2 atom stereocenters. The van der Waals surface area contributed by atoms with Crippen molar-refractivity contribution in [3.05, 3.63) is 12.2 Å². The highest BCUT2D eigenvalue weighted by molar-refractivity contribution is 5.91. The number of rotatable bonds is 2. The van der Waals surface area contributed by atoms with E-state index in [1.54, 1.807) is 19.1 Å². The summed E-state index contributed by atoms with van der Waals surface area (Å²) >= 11 is 0. The molecule has 3 rings (SSSR count). The van der Waals surface area contributed by atoms with Crippen LogP contribution < -0.4 is 0 Å². The zero-order chi connectivity index (χ0) is 11.1. The molecule has 0 aromatic carbocycles. The van der Waals surface area contributed by atoms with Gasteiger partial charge in [0, 0.05) is 0 Å². The van der Waals surface area contributed by atoms with Gasteiger partial charge >= 0.3 is 5.97 Å². The first kappa shape index (κ1) is 10.1. The standard InChI is InChI=1S/C9H11NO5/c1-9-4-3-6(14-15-9)10(8(9)12)5-7(11)13-2/h3-4,6H,5H2,1-2H3. The molecule has 0 saturated carbocycles. The number of carbonyl (C=O) groups excluding carboxylic acids is 2. The van der Waals surface area contributed by atoms with E-state index in [1.165, 1.54) is 12.0 Å². The number of hydrogen-bond acceptors (Lipinski definition) is 5. The SMILES string of the molecule is COC(=O)CN1C(=O)C2(C)C=CC1OO2. The fourth-order valence-corrected chi connectivity index (χ4v) is 1.50. The molecule has 0 aromatic rings.